The van der Waals surface area contributed by atoms with Gasteiger partial charge in [0.05, 0.1) is 9.93 Å². The molecule has 2 N–H and O–H groups in total. The molecule has 0 unspecified atom stereocenters. The molecule has 3 aromatic rings. The Morgan fingerprint density at radius 2 is 2.08 bits per heavy atom. The monoisotopic (exact) mass is 372 g/mol. The highest BCUT2D eigenvalue weighted by Gasteiger charge is 2.25. The summed E-state index contributed by atoms with van der Waals surface area (Å²) in [6, 6.07) is 6.55. The third kappa shape index (κ3) is 2.88. The third-order valence-electron chi connectivity index (χ3n) is 3.62. The largest absolute Gasteiger partial charge is 0.506 e. The molecule has 3 heterocycles. The molecule has 8 heteroatoms. The molecule has 0 bridgehead atoms. The third-order valence-corrected chi connectivity index (χ3v) is 4.73. The number of amides is 2. The van der Waals surface area contributed by atoms with Gasteiger partial charge in [0.2, 0.25) is 0 Å². The predicted molar refractivity (Wildman–Crippen MR) is 95.2 cm³/mol. The van der Waals surface area contributed by atoms with Crippen molar-refractivity contribution in [2.45, 2.75) is 0 Å². The number of carbonyl (C=O) groups excluding carboxylic acids is 2. The van der Waals surface area contributed by atoms with Crippen LogP contribution in [0.5, 0.6) is 5.75 Å². The number of phenolic OH excluding ortho intramolecular Hbond substituents is 1. The molecular weight excluding hydrogens is 364 g/mol. The Balaban J connectivity index is 1.81. The van der Waals surface area contributed by atoms with Gasteiger partial charge in [-0.2, -0.15) is 0 Å². The number of furan rings is 1. The highest BCUT2D eigenvalue weighted by Crippen LogP contribution is 2.35. The highest BCUT2D eigenvalue weighted by molar-refractivity contribution is 8.18. The standard InChI is InChI=1S/C17H9ClN2O4S/c18-12-4-8(1-2-13(12)21)11-7-19-6-9-3-10(24-15(9)11)5-14-16(22)20-17(23)25-14/h1-7,21H,(H,20,22,23)/b14-5+. The minimum Gasteiger partial charge on any atom is -0.506 e. The SMILES string of the molecule is O=C1NC(=O)/C(=C\c2cc3cncc(-c4ccc(O)c(Cl)c4)c3o2)S1. The zero-order valence-corrected chi connectivity index (χ0v) is 14.0. The number of phenols is 1. The van der Waals surface area contributed by atoms with Crippen molar-refractivity contribution < 1.29 is 19.1 Å². The van der Waals surface area contributed by atoms with Crippen molar-refractivity contribution in [3.05, 3.63) is 52.3 Å². The molecule has 1 aliphatic heterocycles. The molecule has 0 spiro atoms. The van der Waals surface area contributed by atoms with E-state index in [1.54, 1.807) is 30.6 Å². The number of rotatable bonds is 2. The highest BCUT2D eigenvalue weighted by atomic mass is 35.5. The first kappa shape index (κ1) is 15.7. The van der Waals surface area contributed by atoms with Crippen LogP contribution in [0.3, 0.4) is 0 Å². The number of carbonyl (C=O) groups is 2. The quantitative estimate of drug-likeness (QED) is 0.655. The van der Waals surface area contributed by atoms with Crippen LogP contribution in [-0.4, -0.2) is 21.2 Å². The lowest BCUT2D eigenvalue weighted by atomic mass is 10.1. The van der Waals surface area contributed by atoms with Crippen molar-refractivity contribution in [3.8, 4) is 16.9 Å². The van der Waals surface area contributed by atoms with E-state index in [1.165, 1.54) is 12.1 Å². The first-order chi connectivity index (χ1) is 12.0. The molecule has 6 nitrogen and oxygen atoms in total. The van der Waals surface area contributed by atoms with Gasteiger partial charge in [0.1, 0.15) is 17.1 Å². The van der Waals surface area contributed by atoms with Crippen molar-refractivity contribution in [1.29, 1.82) is 0 Å². The van der Waals surface area contributed by atoms with E-state index in [4.69, 9.17) is 16.0 Å². The van der Waals surface area contributed by atoms with Gasteiger partial charge < -0.3 is 9.52 Å². The lowest BCUT2D eigenvalue weighted by molar-refractivity contribution is -0.115. The van der Waals surface area contributed by atoms with Gasteiger partial charge in [0, 0.05) is 29.4 Å². The molecule has 0 saturated carbocycles. The second-order valence-electron chi connectivity index (χ2n) is 5.27. The Labute approximate surface area is 150 Å². The normalized spacial score (nSPS) is 16.0. The first-order valence-electron chi connectivity index (χ1n) is 7.12. The molecule has 4 rings (SSSR count). The molecule has 124 valence electrons. The van der Waals surface area contributed by atoms with Gasteiger partial charge in [-0.05, 0) is 35.5 Å². The smallest absolute Gasteiger partial charge is 0.290 e. The zero-order valence-electron chi connectivity index (χ0n) is 12.4. The van der Waals surface area contributed by atoms with Gasteiger partial charge in [0.15, 0.2) is 0 Å². The van der Waals surface area contributed by atoms with Crippen LogP contribution in [-0.2, 0) is 4.79 Å². The number of aromatic hydroxyl groups is 1. The zero-order chi connectivity index (χ0) is 17.6. The number of fused-ring (bicyclic) bond motifs is 1. The molecule has 1 aromatic carbocycles. The van der Waals surface area contributed by atoms with Crippen LogP contribution >= 0.6 is 23.4 Å². The summed E-state index contributed by atoms with van der Waals surface area (Å²) in [5.74, 6) is -0.0232. The van der Waals surface area contributed by atoms with E-state index >= 15 is 0 Å². The first-order valence-corrected chi connectivity index (χ1v) is 8.32. The van der Waals surface area contributed by atoms with Crippen molar-refractivity contribution >= 4 is 51.6 Å². The fourth-order valence-electron chi connectivity index (χ4n) is 2.48. The van der Waals surface area contributed by atoms with Crippen LogP contribution in [0.25, 0.3) is 28.2 Å². The molecule has 0 atom stereocenters. The number of halogens is 1. The number of nitrogens with zero attached hydrogens (tertiary/aromatic N) is 1. The molecule has 25 heavy (non-hydrogen) atoms. The van der Waals surface area contributed by atoms with Crippen LogP contribution in [0.1, 0.15) is 5.76 Å². The summed E-state index contributed by atoms with van der Waals surface area (Å²) in [7, 11) is 0. The van der Waals surface area contributed by atoms with Crippen LogP contribution in [0.15, 0.2) is 46.0 Å². The van der Waals surface area contributed by atoms with E-state index in [0.717, 1.165) is 22.7 Å². The summed E-state index contributed by atoms with van der Waals surface area (Å²) in [4.78, 5) is 27.3. The number of aromatic nitrogens is 1. The number of imide groups is 1. The van der Waals surface area contributed by atoms with E-state index in [1.807, 2.05) is 0 Å². The number of thioether (sulfide) groups is 1. The summed E-state index contributed by atoms with van der Waals surface area (Å²) in [5.41, 5.74) is 2.00. The van der Waals surface area contributed by atoms with Gasteiger partial charge >= 0.3 is 0 Å². The van der Waals surface area contributed by atoms with Crippen LogP contribution < -0.4 is 5.32 Å². The van der Waals surface area contributed by atoms with Crippen LogP contribution in [0.2, 0.25) is 5.02 Å². The lowest BCUT2D eigenvalue weighted by Gasteiger charge is -2.04. The van der Waals surface area contributed by atoms with E-state index in [0.29, 0.717) is 16.9 Å². The van der Waals surface area contributed by atoms with Gasteiger partial charge in [-0.25, -0.2) is 0 Å². The summed E-state index contributed by atoms with van der Waals surface area (Å²) in [5, 5.41) is 12.3. The van der Waals surface area contributed by atoms with Crippen molar-refractivity contribution in [2.24, 2.45) is 0 Å². The maximum absolute atomic E-state index is 11.6. The molecular formula is C17H9ClN2O4S. The number of benzene rings is 1. The van der Waals surface area contributed by atoms with Gasteiger partial charge in [0.25, 0.3) is 11.1 Å². The Morgan fingerprint density at radius 1 is 1.24 bits per heavy atom. The fraction of sp³-hybridized carbons (Fsp3) is 0. The molecule has 2 amide bonds. The fourth-order valence-corrected chi connectivity index (χ4v) is 3.33. The minimum absolute atomic E-state index is 0.00986. The van der Waals surface area contributed by atoms with Crippen molar-refractivity contribution in [1.82, 2.24) is 10.3 Å². The number of nitrogens with one attached hydrogen (secondary N) is 1. The lowest BCUT2D eigenvalue weighted by Crippen LogP contribution is -2.17. The summed E-state index contributed by atoms with van der Waals surface area (Å²) in [6.07, 6.45) is 4.78. The Kier molecular flexibility index (Phi) is 3.74. The molecule has 0 aliphatic carbocycles. The van der Waals surface area contributed by atoms with Crippen molar-refractivity contribution in [2.75, 3.05) is 0 Å². The molecule has 2 aromatic heterocycles. The summed E-state index contributed by atoms with van der Waals surface area (Å²) >= 11 is 6.80. The molecule has 1 fully saturated rings. The number of hydrogen-bond acceptors (Lipinski definition) is 6. The minimum atomic E-state index is -0.445. The van der Waals surface area contributed by atoms with Gasteiger partial charge in [-0.3, -0.25) is 19.9 Å². The Morgan fingerprint density at radius 3 is 2.80 bits per heavy atom. The second kappa shape index (κ2) is 5.94. The summed E-state index contributed by atoms with van der Waals surface area (Å²) < 4.78 is 5.84. The van der Waals surface area contributed by atoms with Crippen LogP contribution in [0, 0.1) is 0 Å². The Hall–Kier alpha value is -2.77. The number of hydrogen-bond donors (Lipinski definition) is 2. The second-order valence-corrected chi connectivity index (χ2v) is 6.69. The van der Waals surface area contributed by atoms with E-state index in [2.05, 4.69) is 10.3 Å². The maximum atomic E-state index is 11.6. The van der Waals surface area contributed by atoms with E-state index in [9.17, 15) is 14.7 Å². The van der Waals surface area contributed by atoms with E-state index in [-0.39, 0.29) is 15.7 Å². The number of pyridine rings is 1. The van der Waals surface area contributed by atoms with Crippen LogP contribution in [0.4, 0.5) is 4.79 Å². The molecule has 1 saturated heterocycles. The topological polar surface area (TPSA) is 92.4 Å². The van der Waals surface area contributed by atoms with Gasteiger partial charge in [-0.15, -0.1) is 0 Å². The van der Waals surface area contributed by atoms with Crippen molar-refractivity contribution in [3.63, 3.8) is 0 Å². The Bertz CT molecular complexity index is 1070. The average molecular weight is 373 g/mol. The average Bonchev–Trinajstić information content (AvgIpc) is 3.12. The maximum Gasteiger partial charge on any atom is 0.290 e. The predicted octanol–water partition coefficient (Wildman–Crippen LogP) is 4.18. The molecule has 1 aliphatic rings. The van der Waals surface area contributed by atoms with Gasteiger partial charge in [-0.1, -0.05) is 17.7 Å². The van der Waals surface area contributed by atoms with E-state index < -0.39 is 11.1 Å². The summed E-state index contributed by atoms with van der Waals surface area (Å²) in [6.45, 7) is 0. The molecule has 0 radical (unpaired) electrons.